The molecule has 4 nitrogen and oxygen atoms in total. The molecule has 0 unspecified atom stereocenters. The highest BCUT2D eigenvalue weighted by Crippen LogP contribution is 2.32. The van der Waals surface area contributed by atoms with Crippen LogP contribution in [0.2, 0.25) is 0 Å². The first kappa shape index (κ1) is 18.0. The van der Waals surface area contributed by atoms with Crippen molar-refractivity contribution >= 4 is 5.78 Å². The largest absolute Gasteiger partial charge is 0.493 e. The van der Waals surface area contributed by atoms with Crippen LogP contribution in [0.5, 0.6) is 11.5 Å². The molecule has 1 aromatic rings. The molecular weight excluding hydrogens is 278 g/mol. The normalized spacial score (nSPS) is 10.1. The molecule has 0 aliphatic heterocycles. The van der Waals surface area contributed by atoms with Gasteiger partial charge in [-0.2, -0.15) is 5.26 Å². The lowest BCUT2D eigenvalue weighted by atomic mass is 9.97. The van der Waals surface area contributed by atoms with Crippen LogP contribution < -0.4 is 9.47 Å². The summed E-state index contributed by atoms with van der Waals surface area (Å²) < 4.78 is 11.1. The maximum atomic E-state index is 12.3. The van der Waals surface area contributed by atoms with E-state index in [0.717, 1.165) is 31.2 Å². The molecule has 0 aromatic heterocycles. The van der Waals surface area contributed by atoms with Gasteiger partial charge in [-0.25, -0.2) is 0 Å². The van der Waals surface area contributed by atoms with E-state index in [1.54, 1.807) is 13.2 Å². The number of methoxy groups -OCH3 is 1. The number of nitriles is 1. The molecule has 22 heavy (non-hydrogen) atoms. The summed E-state index contributed by atoms with van der Waals surface area (Å²) in [5.41, 5.74) is 1.62. The van der Waals surface area contributed by atoms with Gasteiger partial charge in [-0.15, -0.1) is 0 Å². The highest BCUT2D eigenvalue weighted by atomic mass is 16.5. The summed E-state index contributed by atoms with van der Waals surface area (Å²) in [5.74, 6) is 1.26. The van der Waals surface area contributed by atoms with E-state index in [-0.39, 0.29) is 18.6 Å². The third-order valence-corrected chi connectivity index (χ3v) is 3.43. The van der Waals surface area contributed by atoms with Crippen LogP contribution in [0.4, 0.5) is 0 Å². The van der Waals surface area contributed by atoms with Crippen molar-refractivity contribution < 1.29 is 14.3 Å². The third-order valence-electron chi connectivity index (χ3n) is 3.43. The molecule has 0 spiro atoms. The number of rotatable bonds is 10. The van der Waals surface area contributed by atoms with Gasteiger partial charge in [0.2, 0.25) is 0 Å². The molecular formula is C18H25NO3. The van der Waals surface area contributed by atoms with Crippen LogP contribution in [0, 0.1) is 11.3 Å². The topological polar surface area (TPSA) is 59.3 Å². The monoisotopic (exact) mass is 303 g/mol. The number of ketones is 1. The number of nitrogens with zero attached hydrogens (tertiary/aromatic N) is 1. The first-order valence-electron chi connectivity index (χ1n) is 7.91. The minimum Gasteiger partial charge on any atom is -0.493 e. The lowest BCUT2D eigenvalue weighted by Gasteiger charge is -2.15. The van der Waals surface area contributed by atoms with E-state index in [1.165, 1.54) is 0 Å². The van der Waals surface area contributed by atoms with Gasteiger partial charge < -0.3 is 9.47 Å². The fraction of sp³-hybridized carbons (Fsp3) is 0.556. The SMILES string of the molecule is CCCCOc1cc(C(=O)CCC#N)c(CCC)cc1OC. The number of hydrogen-bond acceptors (Lipinski definition) is 4. The molecule has 120 valence electrons. The van der Waals surface area contributed by atoms with E-state index >= 15 is 0 Å². The van der Waals surface area contributed by atoms with Crippen LogP contribution in [0.1, 0.15) is 61.9 Å². The number of hydrogen-bond donors (Lipinski definition) is 0. The molecule has 0 radical (unpaired) electrons. The van der Waals surface area contributed by atoms with E-state index in [2.05, 4.69) is 13.8 Å². The Morgan fingerprint density at radius 2 is 2.00 bits per heavy atom. The predicted octanol–water partition coefficient (Wildman–Crippen LogP) is 4.31. The molecule has 0 fully saturated rings. The third kappa shape index (κ3) is 5.07. The number of unbranched alkanes of at least 4 members (excludes halogenated alkanes) is 1. The van der Waals surface area contributed by atoms with Crippen LogP contribution in [0.15, 0.2) is 12.1 Å². The first-order valence-corrected chi connectivity index (χ1v) is 7.91. The molecule has 0 heterocycles. The standard InChI is InChI=1S/C18H25NO3/c1-4-6-11-22-18-13-15(16(20)9-7-10-19)14(8-5-2)12-17(18)21-3/h12-13H,4-9,11H2,1-3H3. The zero-order chi connectivity index (χ0) is 16.4. The predicted molar refractivity (Wildman–Crippen MR) is 86.6 cm³/mol. The second-order valence-electron chi connectivity index (χ2n) is 5.19. The van der Waals surface area contributed by atoms with E-state index in [0.29, 0.717) is 23.7 Å². The minimum atomic E-state index is -0.00649. The molecule has 0 N–H and O–H groups in total. The molecule has 0 bridgehead atoms. The van der Waals surface area contributed by atoms with Gasteiger partial charge in [-0.1, -0.05) is 26.7 Å². The Kier molecular flexibility index (Phi) is 8.06. The number of carbonyl (C=O) groups excluding carboxylic acids is 1. The van der Waals surface area contributed by atoms with E-state index in [1.807, 2.05) is 12.1 Å². The van der Waals surface area contributed by atoms with E-state index in [4.69, 9.17) is 14.7 Å². The molecule has 0 saturated heterocycles. The fourth-order valence-corrected chi connectivity index (χ4v) is 2.24. The van der Waals surface area contributed by atoms with Crippen LogP contribution in [0.25, 0.3) is 0 Å². The summed E-state index contributed by atoms with van der Waals surface area (Å²) in [6.07, 6.45) is 4.23. The van der Waals surface area contributed by atoms with Crippen molar-refractivity contribution in [2.75, 3.05) is 13.7 Å². The molecule has 0 aliphatic carbocycles. The summed E-state index contributed by atoms with van der Waals surface area (Å²) in [5, 5.41) is 8.67. The Hall–Kier alpha value is -2.02. The lowest BCUT2D eigenvalue weighted by molar-refractivity contribution is 0.0982. The van der Waals surface area contributed by atoms with Crippen molar-refractivity contribution in [1.82, 2.24) is 0 Å². The highest BCUT2D eigenvalue weighted by Gasteiger charge is 2.16. The van der Waals surface area contributed by atoms with Crippen molar-refractivity contribution in [3.8, 4) is 17.6 Å². The average Bonchev–Trinajstić information content (AvgIpc) is 2.53. The van der Waals surface area contributed by atoms with Gasteiger partial charge in [-0.05, 0) is 30.5 Å². The Morgan fingerprint density at radius 3 is 2.59 bits per heavy atom. The van der Waals surface area contributed by atoms with Gasteiger partial charge in [0, 0.05) is 18.4 Å². The Morgan fingerprint density at radius 1 is 1.23 bits per heavy atom. The van der Waals surface area contributed by atoms with Gasteiger partial charge in [0.25, 0.3) is 0 Å². The molecule has 0 amide bonds. The summed E-state index contributed by atoms with van der Waals surface area (Å²) >= 11 is 0. The average molecular weight is 303 g/mol. The van der Waals surface area contributed by atoms with Gasteiger partial charge in [0.1, 0.15) is 0 Å². The molecule has 0 saturated carbocycles. The first-order chi connectivity index (χ1) is 10.7. The number of Topliss-reactive ketones (excluding diaryl/α,β-unsaturated/α-hetero) is 1. The second kappa shape index (κ2) is 9.83. The van der Waals surface area contributed by atoms with Gasteiger partial charge in [0.05, 0.1) is 19.8 Å². The number of carbonyl (C=O) groups is 1. The van der Waals surface area contributed by atoms with E-state index < -0.39 is 0 Å². The Labute approximate surface area is 133 Å². The molecule has 4 heteroatoms. The number of ether oxygens (including phenoxy) is 2. The molecule has 1 rings (SSSR count). The molecule has 0 atom stereocenters. The van der Waals surface area contributed by atoms with Crippen molar-refractivity contribution in [3.63, 3.8) is 0 Å². The highest BCUT2D eigenvalue weighted by molar-refractivity contribution is 5.98. The summed E-state index contributed by atoms with van der Waals surface area (Å²) in [6, 6.07) is 5.69. The molecule has 0 aliphatic rings. The quantitative estimate of drug-likeness (QED) is 0.477. The van der Waals surface area contributed by atoms with Gasteiger partial charge >= 0.3 is 0 Å². The van der Waals surface area contributed by atoms with Gasteiger partial charge in [0.15, 0.2) is 17.3 Å². The van der Waals surface area contributed by atoms with E-state index in [9.17, 15) is 4.79 Å². The van der Waals surface area contributed by atoms with Crippen molar-refractivity contribution in [2.24, 2.45) is 0 Å². The van der Waals surface area contributed by atoms with Gasteiger partial charge in [-0.3, -0.25) is 4.79 Å². The Balaban J connectivity index is 3.11. The van der Waals surface area contributed by atoms with Crippen molar-refractivity contribution in [2.45, 2.75) is 52.4 Å². The zero-order valence-corrected chi connectivity index (χ0v) is 13.8. The van der Waals surface area contributed by atoms with Crippen molar-refractivity contribution in [3.05, 3.63) is 23.3 Å². The second-order valence-corrected chi connectivity index (χ2v) is 5.19. The molecule has 1 aromatic carbocycles. The van der Waals surface area contributed by atoms with Crippen LogP contribution >= 0.6 is 0 Å². The summed E-state index contributed by atoms with van der Waals surface area (Å²) in [6.45, 7) is 4.77. The number of aryl methyl sites for hydroxylation is 1. The maximum Gasteiger partial charge on any atom is 0.164 e. The lowest BCUT2D eigenvalue weighted by Crippen LogP contribution is -2.07. The fourth-order valence-electron chi connectivity index (χ4n) is 2.24. The minimum absolute atomic E-state index is 0.00649. The smallest absolute Gasteiger partial charge is 0.164 e. The maximum absolute atomic E-state index is 12.3. The van der Waals surface area contributed by atoms with Crippen LogP contribution in [-0.4, -0.2) is 19.5 Å². The summed E-state index contributed by atoms with van der Waals surface area (Å²) in [4.78, 5) is 12.3. The zero-order valence-electron chi connectivity index (χ0n) is 13.8. The Bertz CT molecular complexity index is 532. The van der Waals surface area contributed by atoms with Crippen molar-refractivity contribution in [1.29, 1.82) is 5.26 Å². The summed E-state index contributed by atoms with van der Waals surface area (Å²) in [7, 11) is 1.61. The van der Waals surface area contributed by atoms with Crippen LogP contribution in [0.3, 0.4) is 0 Å². The number of benzene rings is 1. The van der Waals surface area contributed by atoms with Crippen LogP contribution in [-0.2, 0) is 6.42 Å².